The lowest BCUT2D eigenvalue weighted by molar-refractivity contribution is 0.0954. The highest BCUT2D eigenvalue weighted by atomic mass is 16.2. The first-order valence-corrected chi connectivity index (χ1v) is 4.73. The third-order valence-electron chi connectivity index (χ3n) is 2.70. The monoisotopic (exact) mass is 203 g/mol. The minimum absolute atomic E-state index is 0.268. The lowest BCUT2D eigenvalue weighted by Crippen LogP contribution is -2.29. The lowest BCUT2D eigenvalue weighted by atomic mass is 10.1. The Morgan fingerprint density at radius 3 is 2.80 bits per heavy atom. The van der Waals surface area contributed by atoms with Crippen molar-refractivity contribution in [1.29, 1.82) is 0 Å². The zero-order chi connectivity index (χ0) is 11.0. The van der Waals surface area contributed by atoms with Crippen molar-refractivity contribution in [2.24, 2.45) is 5.84 Å². The molecule has 1 heterocycles. The highest BCUT2D eigenvalue weighted by molar-refractivity contribution is 5.98. The van der Waals surface area contributed by atoms with Crippen molar-refractivity contribution in [3.8, 4) is 0 Å². The number of nitrogens with two attached hydrogens (primary N) is 1. The first kappa shape index (κ1) is 9.73. The quantitative estimate of drug-likeness (QED) is 0.372. The predicted molar refractivity (Wildman–Crippen MR) is 59.4 cm³/mol. The van der Waals surface area contributed by atoms with E-state index < -0.39 is 0 Å². The Labute approximate surface area is 87.4 Å². The van der Waals surface area contributed by atoms with Gasteiger partial charge in [-0.2, -0.15) is 0 Å². The molecule has 4 heteroatoms. The van der Waals surface area contributed by atoms with Gasteiger partial charge in [0.1, 0.15) is 0 Å². The van der Waals surface area contributed by atoms with E-state index in [0.717, 1.165) is 22.2 Å². The number of carbonyl (C=O) groups excluding carboxylic acids is 1. The van der Waals surface area contributed by atoms with E-state index in [9.17, 15) is 4.79 Å². The topological polar surface area (TPSA) is 70.9 Å². The van der Waals surface area contributed by atoms with Crippen LogP contribution >= 0.6 is 0 Å². The molecule has 4 nitrogen and oxygen atoms in total. The smallest absolute Gasteiger partial charge is 0.265 e. The fourth-order valence-electron chi connectivity index (χ4n) is 1.69. The van der Waals surface area contributed by atoms with Crippen LogP contribution in [0.3, 0.4) is 0 Å². The molecule has 78 valence electrons. The Morgan fingerprint density at radius 1 is 1.40 bits per heavy atom. The van der Waals surface area contributed by atoms with Crippen LogP contribution < -0.4 is 11.3 Å². The number of amides is 1. The van der Waals surface area contributed by atoms with Gasteiger partial charge < -0.3 is 4.98 Å². The van der Waals surface area contributed by atoms with Crippen molar-refractivity contribution in [2.45, 2.75) is 13.8 Å². The van der Waals surface area contributed by atoms with Gasteiger partial charge in [0, 0.05) is 22.2 Å². The number of hydrogen-bond acceptors (Lipinski definition) is 2. The summed E-state index contributed by atoms with van der Waals surface area (Å²) in [7, 11) is 0. The van der Waals surface area contributed by atoms with Gasteiger partial charge in [0.15, 0.2) is 0 Å². The van der Waals surface area contributed by atoms with Crippen molar-refractivity contribution in [3.63, 3.8) is 0 Å². The minimum Gasteiger partial charge on any atom is -0.358 e. The van der Waals surface area contributed by atoms with Gasteiger partial charge in [0.2, 0.25) is 0 Å². The summed E-state index contributed by atoms with van der Waals surface area (Å²) in [6.07, 6.45) is 0. The highest BCUT2D eigenvalue weighted by Gasteiger charge is 2.08. The summed E-state index contributed by atoms with van der Waals surface area (Å²) in [5.41, 5.74) is 6.02. The average Bonchev–Trinajstić information content (AvgIpc) is 2.54. The molecule has 2 aromatic rings. The Bertz CT molecular complexity index is 528. The van der Waals surface area contributed by atoms with Gasteiger partial charge in [-0.1, -0.05) is 0 Å². The lowest BCUT2D eigenvalue weighted by Gasteiger charge is -1.99. The van der Waals surface area contributed by atoms with Gasteiger partial charge in [0.25, 0.3) is 5.91 Å². The molecule has 0 unspecified atom stereocenters. The molecule has 0 bridgehead atoms. The van der Waals surface area contributed by atoms with E-state index >= 15 is 0 Å². The fourth-order valence-corrected chi connectivity index (χ4v) is 1.69. The third kappa shape index (κ3) is 1.49. The van der Waals surface area contributed by atoms with Gasteiger partial charge in [0.05, 0.1) is 0 Å². The van der Waals surface area contributed by atoms with E-state index in [1.54, 1.807) is 6.07 Å². The van der Waals surface area contributed by atoms with Gasteiger partial charge in [-0.3, -0.25) is 10.2 Å². The molecule has 0 saturated carbocycles. The first-order chi connectivity index (χ1) is 7.13. The highest BCUT2D eigenvalue weighted by Crippen LogP contribution is 2.22. The zero-order valence-electron chi connectivity index (χ0n) is 8.72. The summed E-state index contributed by atoms with van der Waals surface area (Å²) in [6.45, 7) is 4.04. The summed E-state index contributed by atoms with van der Waals surface area (Å²) < 4.78 is 0. The van der Waals surface area contributed by atoms with E-state index in [4.69, 9.17) is 5.84 Å². The van der Waals surface area contributed by atoms with Crippen molar-refractivity contribution in [3.05, 3.63) is 35.0 Å². The predicted octanol–water partition coefficient (Wildman–Crippen LogP) is 1.39. The third-order valence-corrected chi connectivity index (χ3v) is 2.70. The van der Waals surface area contributed by atoms with Gasteiger partial charge in [-0.05, 0) is 37.6 Å². The standard InChI is InChI=1S/C11H13N3O/c1-6-7(2)13-10-4-3-8(5-9(6)10)11(15)14-12/h3-5,13H,12H2,1-2H3,(H,14,15). The van der Waals surface area contributed by atoms with Crippen molar-refractivity contribution in [1.82, 2.24) is 10.4 Å². The molecule has 0 aliphatic heterocycles. The summed E-state index contributed by atoms with van der Waals surface area (Å²) in [5, 5.41) is 1.06. The molecule has 1 amide bonds. The van der Waals surface area contributed by atoms with E-state index in [1.807, 2.05) is 26.0 Å². The van der Waals surface area contributed by atoms with E-state index in [0.29, 0.717) is 5.56 Å². The number of carbonyl (C=O) groups is 1. The largest absolute Gasteiger partial charge is 0.358 e. The maximum absolute atomic E-state index is 11.3. The maximum Gasteiger partial charge on any atom is 0.265 e. The molecule has 4 N–H and O–H groups in total. The molecular formula is C11H13N3O. The summed E-state index contributed by atoms with van der Waals surface area (Å²) in [4.78, 5) is 14.6. The molecule has 0 atom stereocenters. The van der Waals surface area contributed by atoms with Crippen LogP contribution in [-0.2, 0) is 0 Å². The normalized spacial score (nSPS) is 10.6. The second kappa shape index (κ2) is 3.40. The van der Waals surface area contributed by atoms with Crippen LogP contribution in [-0.4, -0.2) is 10.9 Å². The van der Waals surface area contributed by atoms with Crippen molar-refractivity contribution < 1.29 is 4.79 Å². The number of fused-ring (bicyclic) bond motifs is 1. The van der Waals surface area contributed by atoms with E-state index in [-0.39, 0.29) is 5.91 Å². The second-order valence-electron chi connectivity index (χ2n) is 3.61. The average molecular weight is 203 g/mol. The Kier molecular flexibility index (Phi) is 2.21. The molecule has 1 aromatic carbocycles. The SMILES string of the molecule is Cc1[nH]c2ccc(C(=O)NN)cc2c1C. The van der Waals surface area contributed by atoms with Crippen molar-refractivity contribution in [2.75, 3.05) is 0 Å². The number of rotatable bonds is 1. The number of nitrogen functional groups attached to an aromatic ring is 1. The summed E-state index contributed by atoms with van der Waals surface area (Å²) in [5.74, 6) is 4.82. The molecule has 0 fully saturated rings. The maximum atomic E-state index is 11.3. The number of aryl methyl sites for hydroxylation is 2. The van der Waals surface area contributed by atoms with E-state index in [2.05, 4.69) is 10.4 Å². The number of aromatic nitrogens is 1. The molecule has 0 aliphatic rings. The van der Waals surface area contributed by atoms with Crippen LogP contribution in [0.1, 0.15) is 21.6 Å². The van der Waals surface area contributed by atoms with Gasteiger partial charge in [-0.25, -0.2) is 5.84 Å². The van der Waals surface area contributed by atoms with Gasteiger partial charge >= 0.3 is 0 Å². The molecule has 1 aromatic heterocycles. The first-order valence-electron chi connectivity index (χ1n) is 4.73. The Balaban J connectivity index is 2.64. The molecule has 0 radical (unpaired) electrons. The minimum atomic E-state index is -0.268. The van der Waals surface area contributed by atoms with Gasteiger partial charge in [-0.15, -0.1) is 0 Å². The molecule has 0 spiro atoms. The van der Waals surface area contributed by atoms with Crippen LogP contribution in [0.15, 0.2) is 18.2 Å². The van der Waals surface area contributed by atoms with Crippen molar-refractivity contribution >= 4 is 16.8 Å². The Hall–Kier alpha value is -1.81. The summed E-state index contributed by atoms with van der Waals surface area (Å²) >= 11 is 0. The molecule has 15 heavy (non-hydrogen) atoms. The van der Waals surface area contributed by atoms with Crippen LogP contribution in [0.2, 0.25) is 0 Å². The summed E-state index contributed by atoms with van der Waals surface area (Å²) in [6, 6.07) is 5.48. The second-order valence-corrected chi connectivity index (χ2v) is 3.61. The van der Waals surface area contributed by atoms with Crippen LogP contribution in [0.4, 0.5) is 0 Å². The number of nitrogens with one attached hydrogen (secondary N) is 2. The van der Waals surface area contributed by atoms with Crippen LogP contribution in [0.5, 0.6) is 0 Å². The number of H-pyrrole nitrogens is 1. The molecule has 2 rings (SSSR count). The van der Waals surface area contributed by atoms with Crippen LogP contribution in [0.25, 0.3) is 10.9 Å². The number of hydrazine groups is 1. The number of hydrogen-bond donors (Lipinski definition) is 3. The van der Waals surface area contributed by atoms with E-state index in [1.165, 1.54) is 0 Å². The molecule has 0 aliphatic carbocycles. The Morgan fingerprint density at radius 2 is 2.13 bits per heavy atom. The number of benzene rings is 1. The van der Waals surface area contributed by atoms with Crippen LogP contribution in [0, 0.1) is 13.8 Å². The fraction of sp³-hybridized carbons (Fsp3) is 0.182. The number of aromatic amines is 1. The molecule has 0 saturated heterocycles. The molecular weight excluding hydrogens is 190 g/mol. The zero-order valence-corrected chi connectivity index (χ0v) is 8.72.